The van der Waals surface area contributed by atoms with Crippen LogP contribution in [0.4, 0.5) is 8.78 Å². The number of aryl methyl sites for hydroxylation is 1. The Balaban J connectivity index is 2.56. The summed E-state index contributed by atoms with van der Waals surface area (Å²) in [6, 6.07) is 8.96. The first-order valence-corrected chi connectivity index (χ1v) is 10.8. The minimum Gasteiger partial charge on any atom is -0.457 e. The van der Waals surface area contributed by atoms with E-state index in [1.807, 2.05) is 19.1 Å². The molecule has 0 bridgehead atoms. The first-order chi connectivity index (χ1) is 15.3. The molecule has 0 saturated heterocycles. The van der Waals surface area contributed by atoms with Crippen LogP contribution in [-0.4, -0.2) is 16.6 Å². The van der Waals surface area contributed by atoms with Gasteiger partial charge in [0.05, 0.1) is 5.71 Å². The fourth-order valence-corrected chi connectivity index (χ4v) is 3.16. The van der Waals surface area contributed by atoms with E-state index >= 15 is 0 Å². The van der Waals surface area contributed by atoms with Crippen molar-refractivity contribution in [2.24, 2.45) is 4.99 Å². The van der Waals surface area contributed by atoms with Crippen molar-refractivity contribution in [1.29, 1.82) is 0 Å². The van der Waals surface area contributed by atoms with Crippen molar-refractivity contribution in [3.05, 3.63) is 77.8 Å². The Morgan fingerprint density at radius 2 is 2.03 bits per heavy atom. The molecule has 0 amide bonds. The van der Waals surface area contributed by atoms with Gasteiger partial charge in [-0.05, 0) is 44.0 Å². The molecule has 0 atom stereocenters. The number of pyridine rings is 1. The van der Waals surface area contributed by atoms with Crippen molar-refractivity contribution in [2.75, 3.05) is 0 Å². The largest absolute Gasteiger partial charge is 0.457 e. The lowest BCUT2D eigenvalue weighted by Crippen LogP contribution is -2.17. The maximum absolute atomic E-state index is 14.4. The number of aliphatic imine (C=N–C) groups is 1. The molecule has 0 aliphatic carbocycles. The molecule has 0 radical (unpaired) electrons. The Labute approximate surface area is 190 Å². The zero-order valence-corrected chi connectivity index (χ0v) is 19.0. The van der Waals surface area contributed by atoms with Crippen LogP contribution < -0.4 is 4.74 Å². The van der Waals surface area contributed by atoms with Crippen molar-refractivity contribution in [2.45, 2.75) is 58.8 Å². The van der Waals surface area contributed by atoms with Gasteiger partial charge in [-0.1, -0.05) is 45.3 Å². The van der Waals surface area contributed by atoms with Crippen molar-refractivity contribution >= 4 is 5.71 Å². The van der Waals surface area contributed by atoms with Gasteiger partial charge in [0, 0.05) is 47.3 Å². The van der Waals surface area contributed by atoms with E-state index in [0.29, 0.717) is 41.2 Å². The summed E-state index contributed by atoms with van der Waals surface area (Å²) in [5.74, 6) is 0.769. The maximum atomic E-state index is 14.4. The standard InChI is InChI=1S/C27H30F2N2O/c1-6-10-11-25(31-19-22(9-4)27(28,29)15-7-2)24-13-12-21(8-3)18-26(24)32-23-14-16-30-20(5)17-23/h3,9,12-14,16-19H,4,6-7,10-11,15H2,1-2,5H3/b22-19+,31-25?. The van der Waals surface area contributed by atoms with Gasteiger partial charge in [0.15, 0.2) is 0 Å². The maximum Gasteiger partial charge on any atom is 0.274 e. The number of alkyl halides is 2. The number of hydrogen-bond acceptors (Lipinski definition) is 3. The Bertz CT molecular complexity index is 1030. The molecule has 1 aromatic heterocycles. The van der Waals surface area contributed by atoms with Crippen LogP contribution >= 0.6 is 0 Å². The van der Waals surface area contributed by atoms with Gasteiger partial charge in [-0.15, -0.1) is 6.42 Å². The molecule has 0 aliphatic heterocycles. The van der Waals surface area contributed by atoms with E-state index < -0.39 is 5.92 Å². The summed E-state index contributed by atoms with van der Waals surface area (Å²) >= 11 is 0. The Morgan fingerprint density at radius 3 is 2.66 bits per heavy atom. The minimum absolute atomic E-state index is 0.194. The third-order valence-electron chi connectivity index (χ3n) is 4.89. The van der Waals surface area contributed by atoms with Crippen LogP contribution in [-0.2, 0) is 0 Å². The number of benzene rings is 1. The number of aromatic nitrogens is 1. The van der Waals surface area contributed by atoms with Crippen LogP contribution in [0.15, 0.2) is 65.9 Å². The molecule has 32 heavy (non-hydrogen) atoms. The number of hydrogen-bond donors (Lipinski definition) is 0. The molecule has 1 aromatic carbocycles. The molecule has 168 valence electrons. The topological polar surface area (TPSA) is 34.5 Å². The summed E-state index contributed by atoms with van der Waals surface area (Å²) in [5, 5.41) is 0. The second-order valence-corrected chi connectivity index (χ2v) is 7.51. The molecule has 2 aromatic rings. The number of allylic oxidation sites excluding steroid dienone is 2. The van der Waals surface area contributed by atoms with E-state index in [1.165, 1.54) is 12.3 Å². The first-order valence-electron chi connectivity index (χ1n) is 10.8. The summed E-state index contributed by atoms with van der Waals surface area (Å²) in [6.45, 7) is 9.22. The highest BCUT2D eigenvalue weighted by molar-refractivity contribution is 6.03. The Hall–Kier alpha value is -3.26. The number of halogens is 2. The Morgan fingerprint density at radius 1 is 1.25 bits per heavy atom. The smallest absolute Gasteiger partial charge is 0.274 e. The minimum atomic E-state index is -2.98. The average Bonchev–Trinajstić information content (AvgIpc) is 2.76. The van der Waals surface area contributed by atoms with Crippen LogP contribution in [0.5, 0.6) is 11.5 Å². The molecule has 3 nitrogen and oxygen atoms in total. The van der Waals surface area contributed by atoms with Gasteiger partial charge in [0.1, 0.15) is 11.5 Å². The zero-order chi connectivity index (χ0) is 23.6. The molecule has 2 rings (SSSR count). The molecule has 0 saturated carbocycles. The number of ether oxygens (including phenoxy) is 1. The molecule has 0 spiro atoms. The number of nitrogens with zero attached hydrogens (tertiary/aromatic N) is 2. The predicted octanol–water partition coefficient (Wildman–Crippen LogP) is 7.65. The van der Waals surface area contributed by atoms with Gasteiger partial charge in [-0.3, -0.25) is 9.98 Å². The van der Waals surface area contributed by atoms with Crippen LogP contribution in [0.3, 0.4) is 0 Å². The fourth-order valence-electron chi connectivity index (χ4n) is 3.16. The second kappa shape index (κ2) is 12.0. The van der Waals surface area contributed by atoms with Crippen LogP contribution in [0, 0.1) is 19.3 Å². The van der Waals surface area contributed by atoms with Gasteiger partial charge in [-0.25, -0.2) is 8.78 Å². The van der Waals surface area contributed by atoms with Crippen molar-refractivity contribution in [1.82, 2.24) is 4.98 Å². The number of rotatable bonds is 11. The summed E-state index contributed by atoms with van der Waals surface area (Å²) < 4.78 is 35.0. The Kier molecular flexibility index (Phi) is 9.34. The van der Waals surface area contributed by atoms with Crippen molar-refractivity contribution in [3.8, 4) is 23.8 Å². The summed E-state index contributed by atoms with van der Waals surface area (Å²) in [6.07, 6.45) is 12.2. The number of unbranched alkanes of at least 4 members (excludes halogenated alkanes) is 1. The fraction of sp³-hybridized carbons (Fsp3) is 0.333. The predicted molar refractivity (Wildman–Crippen MR) is 128 cm³/mol. The third-order valence-corrected chi connectivity index (χ3v) is 4.89. The third kappa shape index (κ3) is 6.88. The van der Waals surface area contributed by atoms with E-state index in [4.69, 9.17) is 11.2 Å². The van der Waals surface area contributed by atoms with Crippen LogP contribution in [0.1, 0.15) is 62.8 Å². The molecule has 0 unspecified atom stereocenters. The van der Waals surface area contributed by atoms with Gasteiger partial charge >= 0.3 is 0 Å². The zero-order valence-electron chi connectivity index (χ0n) is 19.0. The van der Waals surface area contributed by atoms with E-state index in [1.54, 1.807) is 31.3 Å². The van der Waals surface area contributed by atoms with E-state index in [2.05, 4.69) is 29.4 Å². The van der Waals surface area contributed by atoms with Crippen molar-refractivity contribution in [3.63, 3.8) is 0 Å². The summed E-state index contributed by atoms with van der Waals surface area (Å²) in [5.41, 5.74) is 2.64. The molecule has 5 heteroatoms. The lowest BCUT2D eigenvalue weighted by atomic mass is 10.0. The van der Waals surface area contributed by atoms with E-state index in [0.717, 1.165) is 18.5 Å². The molecular formula is C27H30F2N2O. The van der Waals surface area contributed by atoms with Gasteiger partial charge in [0.2, 0.25) is 0 Å². The highest BCUT2D eigenvalue weighted by Crippen LogP contribution is 2.31. The molecule has 0 N–H and O–H groups in total. The lowest BCUT2D eigenvalue weighted by molar-refractivity contribution is 0.0352. The average molecular weight is 437 g/mol. The van der Waals surface area contributed by atoms with Gasteiger partial charge < -0.3 is 4.74 Å². The molecule has 0 aliphatic rings. The lowest BCUT2D eigenvalue weighted by Gasteiger charge is -2.17. The van der Waals surface area contributed by atoms with E-state index in [9.17, 15) is 8.78 Å². The van der Waals surface area contributed by atoms with Crippen molar-refractivity contribution < 1.29 is 13.5 Å². The quantitative estimate of drug-likeness (QED) is 0.206. The van der Waals surface area contributed by atoms with E-state index in [-0.39, 0.29) is 12.0 Å². The van der Waals surface area contributed by atoms with Gasteiger partial charge in [-0.2, -0.15) is 0 Å². The monoisotopic (exact) mass is 436 g/mol. The molecule has 0 fully saturated rings. The highest BCUT2D eigenvalue weighted by Gasteiger charge is 2.31. The summed E-state index contributed by atoms with van der Waals surface area (Å²) in [7, 11) is 0. The van der Waals surface area contributed by atoms with Gasteiger partial charge in [0.25, 0.3) is 5.92 Å². The molecule has 1 heterocycles. The molecular weight excluding hydrogens is 406 g/mol. The first kappa shape index (κ1) is 25.0. The second-order valence-electron chi connectivity index (χ2n) is 7.51. The summed E-state index contributed by atoms with van der Waals surface area (Å²) in [4.78, 5) is 8.67. The SMILES string of the molecule is C#Cc1ccc(C(CCCC)=N/C=C(\C=C)C(F)(F)CCC)c(Oc2ccnc(C)c2)c1. The highest BCUT2D eigenvalue weighted by atomic mass is 19.3. The normalized spacial score (nSPS) is 12.4. The van der Waals surface area contributed by atoms with Crippen LogP contribution in [0.2, 0.25) is 0 Å². The van der Waals surface area contributed by atoms with Crippen LogP contribution in [0.25, 0.3) is 0 Å². The number of terminal acetylenes is 1.